The van der Waals surface area contributed by atoms with Gasteiger partial charge in [0.05, 0.1) is 6.61 Å². The van der Waals surface area contributed by atoms with E-state index < -0.39 is 5.82 Å². The number of nitrogens with zero attached hydrogens (tertiary/aromatic N) is 1. The number of hydrogen-bond acceptors (Lipinski definition) is 5. The van der Waals surface area contributed by atoms with Crippen LogP contribution in [0.1, 0.15) is 31.4 Å². The van der Waals surface area contributed by atoms with Gasteiger partial charge in [-0.3, -0.25) is 9.59 Å². The smallest absolute Gasteiger partial charge is 0.270 e. The molecule has 1 heterocycles. The highest BCUT2D eigenvalue weighted by molar-refractivity contribution is 7.09. The fourth-order valence-corrected chi connectivity index (χ4v) is 2.63. The first-order valence-corrected chi connectivity index (χ1v) is 8.15. The van der Waals surface area contributed by atoms with Crippen LogP contribution in [-0.2, 0) is 11.3 Å². The Morgan fingerprint density at radius 1 is 1.25 bits per heavy atom. The van der Waals surface area contributed by atoms with Crippen molar-refractivity contribution in [1.82, 2.24) is 15.6 Å². The van der Waals surface area contributed by atoms with Gasteiger partial charge in [0.15, 0.2) is 0 Å². The normalized spacial score (nSPS) is 10.5. The SMILES string of the molecule is COCc1nc(C(=O)NCCNC(=O)c2ccc(C)c(F)c2)cs1. The Morgan fingerprint density at radius 3 is 2.62 bits per heavy atom. The largest absolute Gasteiger partial charge is 0.378 e. The van der Waals surface area contributed by atoms with E-state index in [9.17, 15) is 14.0 Å². The summed E-state index contributed by atoms with van der Waals surface area (Å²) in [6, 6.07) is 4.29. The Bertz CT molecular complexity index is 733. The highest BCUT2D eigenvalue weighted by atomic mass is 32.1. The molecule has 1 aromatic carbocycles. The fourth-order valence-electron chi connectivity index (χ4n) is 1.88. The number of thiazole rings is 1. The van der Waals surface area contributed by atoms with Crippen LogP contribution in [0.25, 0.3) is 0 Å². The monoisotopic (exact) mass is 351 g/mol. The lowest BCUT2D eigenvalue weighted by Gasteiger charge is -2.07. The molecule has 6 nitrogen and oxygen atoms in total. The Balaban J connectivity index is 1.76. The number of nitrogens with one attached hydrogen (secondary N) is 2. The highest BCUT2D eigenvalue weighted by Gasteiger charge is 2.11. The Hall–Kier alpha value is -2.32. The van der Waals surface area contributed by atoms with Crippen molar-refractivity contribution in [2.45, 2.75) is 13.5 Å². The molecule has 0 spiro atoms. The first-order valence-electron chi connectivity index (χ1n) is 7.27. The minimum Gasteiger partial charge on any atom is -0.378 e. The van der Waals surface area contributed by atoms with Gasteiger partial charge < -0.3 is 15.4 Å². The number of carbonyl (C=O) groups is 2. The molecule has 0 atom stereocenters. The minimum atomic E-state index is -0.425. The third kappa shape index (κ3) is 4.84. The van der Waals surface area contributed by atoms with E-state index in [1.165, 1.54) is 17.4 Å². The summed E-state index contributed by atoms with van der Waals surface area (Å²) in [6.45, 7) is 2.47. The molecule has 0 saturated heterocycles. The van der Waals surface area contributed by atoms with Crippen molar-refractivity contribution >= 4 is 23.2 Å². The van der Waals surface area contributed by atoms with Crippen molar-refractivity contribution in [3.63, 3.8) is 0 Å². The predicted octanol–water partition coefficient (Wildman–Crippen LogP) is 1.90. The molecule has 0 unspecified atom stereocenters. The van der Waals surface area contributed by atoms with Gasteiger partial charge in [-0.25, -0.2) is 9.37 Å². The van der Waals surface area contributed by atoms with E-state index >= 15 is 0 Å². The van der Waals surface area contributed by atoms with Crippen LogP contribution in [0.2, 0.25) is 0 Å². The zero-order valence-electron chi connectivity index (χ0n) is 13.4. The average Bonchev–Trinajstić information content (AvgIpc) is 3.03. The van der Waals surface area contributed by atoms with E-state index in [0.29, 0.717) is 17.9 Å². The van der Waals surface area contributed by atoms with Gasteiger partial charge in [-0.2, -0.15) is 0 Å². The maximum atomic E-state index is 13.4. The third-order valence-electron chi connectivity index (χ3n) is 3.18. The summed E-state index contributed by atoms with van der Waals surface area (Å²) in [7, 11) is 1.56. The zero-order chi connectivity index (χ0) is 17.5. The topological polar surface area (TPSA) is 80.3 Å². The molecule has 2 aromatic rings. The van der Waals surface area contributed by atoms with Gasteiger partial charge >= 0.3 is 0 Å². The number of aromatic nitrogens is 1. The molecule has 24 heavy (non-hydrogen) atoms. The Morgan fingerprint density at radius 2 is 1.96 bits per heavy atom. The number of aryl methyl sites for hydroxylation is 1. The molecule has 0 bridgehead atoms. The minimum absolute atomic E-state index is 0.231. The van der Waals surface area contributed by atoms with Crippen LogP contribution in [0.15, 0.2) is 23.6 Å². The molecule has 0 fully saturated rings. The van der Waals surface area contributed by atoms with Crippen molar-refractivity contribution in [2.75, 3.05) is 20.2 Å². The van der Waals surface area contributed by atoms with E-state index in [2.05, 4.69) is 15.6 Å². The molecule has 0 saturated carbocycles. The van der Waals surface area contributed by atoms with Crippen molar-refractivity contribution in [3.8, 4) is 0 Å². The predicted molar refractivity (Wildman–Crippen MR) is 88.6 cm³/mol. The number of rotatable bonds is 7. The van der Waals surface area contributed by atoms with Crippen LogP contribution in [0.4, 0.5) is 4.39 Å². The first-order chi connectivity index (χ1) is 11.5. The van der Waals surface area contributed by atoms with Gasteiger partial charge in [0, 0.05) is 31.1 Å². The second-order valence-electron chi connectivity index (χ2n) is 5.04. The lowest BCUT2D eigenvalue weighted by molar-refractivity contribution is 0.0925. The molecule has 2 N–H and O–H groups in total. The van der Waals surface area contributed by atoms with Crippen molar-refractivity contribution in [3.05, 3.63) is 51.2 Å². The summed E-state index contributed by atoms with van der Waals surface area (Å²) in [5, 5.41) is 7.65. The van der Waals surface area contributed by atoms with Gasteiger partial charge in [-0.15, -0.1) is 11.3 Å². The summed E-state index contributed by atoms with van der Waals surface area (Å²) in [6.07, 6.45) is 0. The van der Waals surface area contributed by atoms with Gasteiger partial charge in [-0.1, -0.05) is 6.07 Å². The molecule has 0 aliphatic heterocycles. The Labute approximate surface area is 143 Å². The lowest BCUT2D eigenvalue weighted by Crippen LogP contribution is -2.34. The summed E-state index contributed by atoms with van der Waals surface area (Å²) < 4.78 is 18.4. The third-order valence-corrected chi connectivity index (χ3v) is 4.00. The average molecular weight is 351 g/mol. The first kappa shape index (κ1) is 18.0. The fraction of sp³-hybridized carbons (Fsp3) is 0.312. The number of methoxy groups -OCH3 is 1. The van der Waals surface area contributed by atoms with E-state index in [4.69, 9.17) is 4.74 Å². The summed E-state index contributed by atoms with van der Waals surface area (Å²) in [5.41, 5.74) is 1.04. The van der Waals surface area contributed by atoms with Gasteiger partial charge in [0.2, 0.25) is 0 Å². The number of halogens is 1. The van der Waals surface area contributed by atoms with Gasteiger partial charge in [-0.05, 0) is 24.6 Å². The maximum Gasteiger partial charge on any atom is 0.270 e. The van der Waals surface area contributed by atoms with E-state index in [1.807, 2.05) is 0 Å². The van der Waals surface area contributed by atoms with Crippen LogP contribution < -0.4 is 10.6 Å². The number of carbonyl (C=O) groups excluding carboxylic acids is 2. The van der Waals surface area contributed by atoms with Crippen LogP contribution >= 0.6 is 11.3 Å². The molecular formula is C16H18FN3O3S. The standard InChI is InChI=1S/C16H18FN3O3S/c1-10-3-4-11(7-12(10)17)15(21)18-5-6-19-16(22)13-9-24-14(20-13)8-23-2/h3-4,7,9H,5-6,8H2,1-2H3,(H,18,21)(H,19,22). The van der Waals surface area contributed by atoms with E-state index in [-0.39, 0.29) is 30.5 Å². The molecule has 0 radical (unpaired) electrons. The summed E-state index contributed by atoms with van der Waals surface area (Å²) in [4.78, 5) is 27.9. The molecule has 128 valence electrons. The molecule has 1 aromatic heterocycles. The number of amides is 2. The summed E-state index contributed by atoms with van der Waals surface area (Å²) >= 11 is 1.34. The van der Waals surface area contributed by atoms with Gasteiger partial charge in [0.25, 0.3) is 11.8 Å². The second kappa shape index (κ2) is 8.51. The van der Waals surface area contributed by atoms with Crippen molar-refractivity contribution in [2.24, 2.45) is 0 Å². The number of hydrogen-bond donors (Lipinski definition) is 2. The lowest BCUT2D eigenvalue weighted by atomic mass is 10.1. The summed E-state index contributed by atoms with van der Waals surface area (Å²) in [5.74, 6) is -1.13. The van der Waals surface area contributed by atoms with Crippen LogP contribution in [0.5, 0.6) is 0 Å². The van der Waals surface area contributed by atoms with E-state index in [0.717, 1.165) is 5.01 Å². The molecular weight excluding hydrogens is 333 g/mol. The Kier molecular flexibility index (Phi) is 6.39. The second-order valence-corrected chi connectivity index (χ2v) is 5.98. The van der Waals surface area contributed by atoms with E-state index in [1.54, 1.807) is 31.5 Å². The molecule has 0 aliphatic rings. The molecule has 2 amide bonds. The van der Waals surface area contributed by atoms with Crippen LogP contribution in [0.3, 0.4) is 0 Å². The van der Waals surface area contributed by atoms with Crippen molar-refractivity contribution < 1.29 is 18.7 Å². The van der Waals surface area contributed by atoms with Crippen LogP contribution in [-0.4, -0.2) is 37.0 Å². The van der Waals surface area contributed by atoms with Crippen LogP contribution in [0, 0.1) is 12.7 Å². The molecule has 0 aliphatic carbocycles. The number of ether oxygens (including phenoxy) is 1. The maximum absolute atomic E-state index is 13.4. The number of benzene rings is 1. The molecule has 2 rings (SSSR count). The molecule has 8 heteroatoms. The highest BCUT2D eigenvalue weighted by Crippen LogP contribution is 2.10. The van der Waals surface area contributed by atoms with Gasteiger partial charge in [0.1, 0.15) is 16.5 Å². The van der Waals surface area contributed by atoms with Crippen molar-refractivity contribution in [1.29, 1.82) is 0 Å². The zero-order valence-corrected chi connectivity index (χ0v) is 14.2. The quantitative estimate of drug-likeness (QED) is 0.747.